The van der Waals surface area contributed by atoms with Crippen LogP contribution in [0.5, 0.6) is 0 Å². The van der Waals surface area contributed by atoms with Crippen molar-refractivity contribution >= 4 is 11.8 Å². The lowest BCUT2D eigenvalue weighted by Crippen LogP contribution is -2.45. The molecule has 110 valence electrons. The normalized spacial score (nSPS) is 18.7. The Morgan fingerprint density at radius 2 is 2.05 bits per heavy atom. The number of halogens is 1. The van der Waals surface area contributed by atoms with Crippen LogP contribution in [0.2, 0.25) is 0 Å². The second kappa shape index (κ2) is 5.08. The van der Waals surface area contributed by atoms with Crippen LogP contribution in [-0.4, -0.2) is 17.7 Å². The molecule has 0 N–H and O–H groups in total. The van der Waals surface area contributed by atoms with Crippen molar-refractivity contribution in [2.45, 2.75) is 59.1 Å². The molecule has 3 nitrogen and oxygen atoms in total. The van der Waals surface area contributed by atoms with Gasteiger partial charge in [0.05, 0.1) is 5.69 Å². The molecule has 1 atom stereocenters. The average Bonchev–Trinajstić information content (AvgIpc) is 2.27. The number of carbonyl (C=O) groups excluding carboxylic acids is 1. The smallest absolute Gasteiger partial charge is 0.415 e. The van der Waals surface area contributed by atoms with Crippen molar-refractivity contribution in [1.29, 1.82) is 0 Å². The van der Waals surface area contributed by atoms with Gasteiger partial charge in [-0.05, 0) is 70.7 Å². The fraction of sp³-hybridized carbons (Fsp3) is 0.562. The molecule has 0 spiro atoms. The zero-order chi connectivity index (χ0) is 15.1. The van der Waals surface area contributed by atoms with Crippen LogP contribution >= 0.6 is 0 Å². The SMILES string of the molecule is Cc1cc(F)cc2c1N(C(=O)OC(C)(C)C)C(C)CC2. The summed E-state index contributed by atoms with van der Waals surface area (Å²) in [6.07, 6.45) is 1.24. The number of hydrogen-bond donors (Lipinski definition) is 0. The van der Waals surface area contributed by atoms with Gasteiger partial charge in [-0.1, -0.05) is 0 Å². The molecule has 0 fully saturated rings. The van der Waals surface area contributed by atoms with E-state index >= 15 is 0 Å². The van der Waals surface area contributed by atoms with Crippen molar-refractivity contribution in [2.24, 2.45) is 0 Å². The number of nitrogens with zero attached hydrogens (tertiary/aromatic N) is 1. The van der Waals surface area contributed by atoms with Crippen molar-refractivity contribution < 1.29 is 13.9 Å². The van der Waals surface area contributed by atoms with Gasteiger partial charge in [-0.2, -0.15) is 0 Å². The van der Waals surface area contributed by atoms with Crippen molar-refractivity contribution in [2.75, 3.05) is 4.90 Å². The van der Waals surface area contributed by atoms with Crippen molar-refractivity contribution in [3.63, 3.8) is 0 Å². The highest BCUT2D eigenvalue weighted by Crippen LogP contribution is 2.35. The lowest BCUT2D eigenvalue weighted by molar-refractivity contribution is 0.0563. The highest BCUT2D eigenvalue weighted by molar-refractivity contribution is 5.91. The van der Waals surface area contributed by atoms with E-state index in [1.165, 1.54) is 12.1 Å². The van der Waals surface area contributed by atoms with Gasteiger partial charge in [0.1, 0.15) is 11.4 Å². The Hall–Kier alpha value is -1.58. The summed E-state index contributed by atoms with van der Waals surface area (Å²) in [5, 5.41) is 0. The third-order valence-corrected chi connectivity index (χ3v) is 3.45. The topological polar surface area (TPSA) is 29.5 Å². The third kappa shape index (κ3) is 2.94. The summed E-state index contributed by atoms with van der Waals surface area (Å²) in [4.78, 5) is 14.1. The van der Waals surface area contributed by atoms with E-state index in [0.717, 1.165) is 29.7 Å². The Kier molecular flexibility index (Phi) is 3.76. The Bertz CT molecular complexity index is 534. The van der Waals surface area contributed by atoms with Gasteiger partial charge < -0.3 is 4.74 Å². The molecular formula is C16H22FNO2. The predicted molar refractivity (Wildman–Crippen MR) is 77.6 cm³/mol. The maximum absolute atomic E-state index is 13.5. The summed E-state index contributed by atoms with van der Waals surface area (Å²) < 4.78 is 19.0. The maximum atomic E-state index is 13.5. The third-order valence-electron chi connectivity index (χ3n) is 3.45. The lowest BCUT2D eigenvalue weighted by Gasteiger charge is -2.37. The Morgan fingerprint density at radius 1 is 1.40 bits per heavy atom. The van der Waals surface area contributed by atoms with Crippen molar-refractivity contribution in [3.05, 3.63) is 29.1 Å². The molecule has 0 saturated heterocycles. The molecule has 1 aliphatic heterocycles. The number of amides is 1. The molecule has 1 amide bonds. The minimum Gasteiger partial charge on any atom is -0.443 e. The first-order valence-electron chi connectivity index (χ1n) is 7.00. The van der Waals surface area contributed by atoms with Crippen molar-refractivity contribution in [1.82, 2.24) is 0 Å². The quantitative estimate of drug-likeness (QED) is 0.712. The van der Waals surface area contributed by atoms with E-state index in [-0.39, 0.29) is 18.0 Å². The van der Waals surface area contributed by atoms with Crippen molar-refractivity contribution in [3.8, 4) is 0 Å². The molecule has 0 radical (unpaired) electrons. The van der Waals surface area contributed by atoms with Gasteiger partial charge in [-0.25, -0.2) is 9.18 Å². The predicted octanol–water partition coefficient (Wildman–Crippen LogP) is 4.21. The lowest BCUT2D eigenvalue weighted by atomic mass is 9.94. The Morgan fingerprint density at radius 3 is 2.65 bits per heavy atom. The number of ether oxygens (including phenoxy) is 1. The van der Waals surface area contributed by atoms with E-state index < -0.39 is 5.60 Å². The van der Waals surface area contributed by atoms with Gasteiger partial charge in [0.25, 0.3) is 0 Å². The monoisotopic (exact) mass is 279 g/mol. The van der Waals surface area contributed by atoms with Crippen LogP contribution in [-0.2, 0) is 11.2 Å². The zero-order valence-electron chi connectivity index (χ0n) is 12.8. The summed E-state index contributed by atoms with van der Waals surface area (Å²) >= 11 is 0. The number of benzene rings is 1. The summed E-state index contributed by atoms with van der Waals surface area (Å²) in [6.45, 7) is 9.36. The molecule has 4 heteroatoms. The molecule has 1 aromatic carbocycles. The molecule has 1 aromatic rings. The van der Waals surface area contributed by atoms with Crippen LogP contribution in [0.1, 0.15) is 45.2 Å². The van der Waals surface area contributed by atoms with E-state index in [9.17, 15) is 9.18 Å². The van der Waals surface area contributed by atoms with Crippen LogP contribution in [0.4, 0.5) is 14.9 Å². The molecule has 0 aromatic heterocycles. The number of hydrogen-bond acceptors (Lipinski definition) is 2. The highest BCUT2D eigenvalue weighted by atomic mass is 19.1. The van der Waals surface area contributed by atoms with Gasteiger partial charge in [-0.3, -0.25) is 4.90 Å². The first-order valence-corrected chi connectivity index (χ1v) is 7.00. The molecule has 0 bridgehead atoms. The summed E-state index contributed by atoms with van der Waals surface area (Å²) in [5.74, 6) is -0.250. The first-order chi connectivity index (χ1) is 9.19. The van der Waals surface area contributed by atoms with E-state index in [0.29, 0.717) is 0 Å². The zero-order valence-corrected chi connectivity index (χ0v) is 12.8. The Labute approximate surface area is 119 Å². The molecular weight excluding hydrogens is 257 g/mol. The first kappa shape index (κ1) is 14.8. The molecule has 1 heterocycles. The van der Waals surface area contributed by atoms with E-state index in [1.54, 1.807) is 4.90 Å². The van der Waals surface area contributed by atoms with E-state index in [1.807, 2.05) is 34.6 Å². The molecule has 2 rings (SSSR count). The second-order valence-electron chi connectivity index (χ2n) is 6.47. The largest absolute Gasteiger partial charge is 0.443 e. The number of carbonyl (C=O) groups is 1. The second-order valence-corrected chi connectivity index (χ2v) is 6.47. The maximum Gasteiger partial charge on any atom is 0.415 e. The minimum atomic E-state index is -0.539. The Balaban J connectivity index is 2.42. The number of anilines is 1. The van der Waals surface area contributed by atoms with E-state index in [4.69, 9.17) is 4.74 Å². The molecule has 0 saturated carbocycles. The van der Waals surface area contributed by atoms with Gasteiger partial charge in [0, 0.05) is 6.04 Å². The van der Waals surface area contributed by atoms with Crippen LogP contribution in [0.25, 0.3) is 0 Å². The number of fused-ring (bicyclic) bond motifs is 1. The van der Waals surface area contributed by atoms with Gasteiger partial charge in [0.15, 0.2) is 0 Å². The van der Waals surface area contributed by atoms with Crippen LogP contribution < -0.4 is 4.90 Å². The summed E-state index contributed by atoms with van der Waals surface area (Å²) in [6, 6.07) is 3.04. The molecule has 1 unspecified atom stereocenters. The molecule has 0 aliphatic carbocycles. The highest BCUT2D eigenvalue weighted by Gasteiger charge is 2.33. The van der Waals surface area contributed by atoms with Gasteiger partial charge in [0.2, 0.25) is 0 Å². The van der Waals surface area contributed by atoms with Crippen LogP contribution in [0.15, 0.2) is 12.1 Å². The molecule has 1 aliphatic rings. The standard InChI is InChI=1S/C16H22FNO2/c1-10-8-13(17)9-12-7-6-11(2)18(14(10)12)15(19)20-16(3,4)5/h8-9,11H,6-7H2,1-5H3. The number of aryl methyl sites for hydroxylation is 2. The van der Waals surface area contributed by atoms with E-state index in [2.05, 4.69) is 0 Å². The van der Waals surface area contributed by atoms with Crippen LogP contribution in [0.3, 0.4) is 0 Å². The van der Waals surface area contributed by atoms with Gasteiger partial charge >= 0.3 is 6.09 Å². The molecule has 20 heavy (non-hydrogen) atoms. The fourth-order valence-corrected chi connectivity index (χ4v) is 2.64. The number of rotatable bonds is 0. The van der Waals surface area contributed by atoms with Gasteiger partial charge in [-0.15, -0.1) is 0 Å². The average molecular weight is 279 g/mol. The fourth-order valence-electron chi connectivity index (χ4n) is 2.64. The summed E-state index contributed by atoms with van der Waals surface area (Å²) in [7, 11) is 0. The van der Waals surface area contributed by atoms with Crippen LogP contribution in [0, 0.1) is 12.7 Å². The summed E-state index contributed by atoms with van der Waals surface area (Å²) in [5.41, 5.74) is 1.92. The minimum absolute atomic E-state index is 0.0570.